The molecule has 1 saturated heterocycles. The number of carbonyl (C=O) groups excluding carboxylic acids is 1. The Morgan fingerprint density at radius 1 is 1.07 bits per heavy atom. The lowest BCUT2D eigenvalue weighted by Gasteiger charge is -2.33. The molecule has 1 fully saturated rings. The Morgan fingerprint density at radius 2 is 1.88 bits per heavy atom. The number of aryl methyl sites for hydroxylation is 1. The topological polar surface area (TPSA) is 76.5 Å². The zero-order valence-electron chi connectivity index (χ0n) is 22.8. The third-order valence-corrected chi connectivity index (χ3v) is 8.91. The van der Waals surface area contributed by atoms with Gasteiger partial charge in [-0.1, -0.05) is 18.2 Å². The predicted octanol–water partition coefficient (Wildman–Crippen LogP) is 4.81. The molecule has 0 saturated carbocycles. The van der Waals surface area contributed by atoms with Gasteiger partial charge in [0.25, 0.3) is 11.5 Å². The second-order valence-corrected chi connectivity index (χ2v) is 11.4. The van der Waals surface area contributed by atoms with Crippen LogP contribution in [0, 0.1) is 6.92 Å². The van der Waals surface area contributed by atoms with E-state index in [0.717, 1.165) is 72.8 Å². The number of hydrogen-bond donors (Lipinski definition) is 1. The van der Waals surface area contributed by atoms with Crippen molar-refractivity contribution in [2.75, 3.05) is 24.6 Å². The molecule has 0 aliphatic carbocycles. The second-order valence-electron chi connectivity index (χ2n) is 11.4. The van der Waals surface area contributed by atoms with E-state index in [1.54, 1.807) is 17.0 Å². The molecule has 1 atom stereocenters. The minimum absolute atomic E-state index is 0.0279. The van der Waals surface area contributed by atoms with Crippen molar-refractivity contribution in [2.45, 2.75) is 44.6 Å². The number of hydrogen-bond acceptors (Lipinski definition) is 5. The minimum Gasteiger partial charge on any atom is -0.492 e. The van der Waals surface area contributed by atoms with Crippen LogP contribution in [0.3, 0.4) is 0 Å². The molecule has 3 aromatic carbocycles. The van der Waals surface area contributed by atoms with E-state index in [2.05, 4.69) is 29.4 Å². The number of nitrogens with zero attached hydrogens (tertiary/aromatic N) is 3. The van der Waals surface area contributed by atoms with Crippen molar-refractivity contribution >= 4 is 11.6 Å². The van der Waals surface area contributed by atoms with Gasteiger partial charge in [-0.2, -0.15) is 0 Å². The van der Waals surface area contributed by atoms with Crippen molar-refractivity contribution in [1.82, 2.24) is 14.9 Å². The van der Waals surface area contributed by atoms with Crippen molar-refractivity contribution in [3.05, 3.63) is 106 Å². The van der Waals surface area contributed by atoms with Crippen LogP contribution in [0.5, 0.6) is 5.75 Å². The van der Waals surface area contributed by atoms with Crippen molar-refractivity contribution in [3.8, 4) is 22.6 Å². The first-order valence-electron chi connectivity index (χ1n) is 14.0. The Morgan fingerprint density at radius 3 is 2.62 bits per heavy atom. The predicted molar refractivity (Wildman–Crippen MR) is 156 cm³/mol. The van der Waals surface area contributed by atoms with Crippen molar-refractivity contribution in [1.29, 1.82) is 0 Å². The highest BCUT2D eigenvalue weighted by atomic mass is 16.5. The summed E-state index contributed by atoms with van der Waals surface area (Å²) in [7, 11) is 0. The molecule has 1 amide bonds. The number of piperidine rings is 1. The Hall–Kier alpha value is -4.23. The molecule has 0 bridgehead atoms. The summed E-state index contributed by atoms with van der Waals surface area (Å²) in [5, 5.41) is 3.47. The first-order valence-corrected chi connectivity index (χ1v) is 14.0. The van der Waals surface area contributed by atoms with Crippen molar-refractivity contribution in [3.63, 3.8) is 0 Å². The largest absolute Gasteiger partial charge is 0.492 e. The molecule has 4 aromatic rings. The van der Waals surface area contributed by atoms with Crippen LogP contribution in [0.1, 0.15) is 46.8 Å². The van der Waals surface area contributed by atoms with E-state index in [9.17, 15) is 9.59 Å². The van der Waals surface area contributed by atoms with Gasteiger partial charge in [0, 0.05) is 46.4 Å². The van der Waals surface area contributed by atoms with Gasteiger partial charge in [-0.25, -0.2) is 0 Å². The molecule has 3 aliphatic rings. The van der Waals surface area contributed by atoms with Gasteiger partial charge in [0.05, 0.1) is 12.8 Å². The number of fused-ring (bicyclic) bond motifs is 3. The van der Waals surface area contributed by atoms with Crippen LogP contribution in [0.25, 0.3) is 16.8 Å². The standard InChI is InChI=1S/C33H32N4O3/c1-21-15-26(36-14-13-35-19-31(36)38)7-8-27(21)23-3-5-24(6-4-23)32(39)37-22(2)16-25-17-30-28(18-29(25)37)33(20-40-30)9-11-34-12-10-33/h3-8,13-15,17-19,22,34H,9-12,16,20H2,1-2H3/t22-/m1/s1. The molecule has 40 heavy (non-hydrogen) atoms. The lowest BCUT2D eigenvalue weighted by molar-refractivity contribution is 0.0981. The Balaban J connectivity index is 1.17. The smallest absolute Gasteiger partial charge is 0.273 e. The zero-order chi connectivity index (χ0) is 27.4. The lowest BCUT2D eigenvalue weighted by Crippen LogP contribution is -2.41. The Bertz CT molecular complexity index is 1690. The Labute approximate surface area is 233 Å². The van der Waals surface area contributed by atoms with Gasteiger partial charge in [0.2, 0.25) is 0 Å². The maximum absolute atomic E-state index is 13.9. The van der Waals surface area contributed by atoms with Crippen molar-refractivity contribution in [2.24, 2.45) is 0 Å². The molecule has 0 radical (unpaired) electrons. The normalized spacial score (nSPS) is 18.9. The number of carbonyl (C=O) groups is 1. The van der Waals surface area contributed by atoms with Crippen LogP contribution in [-0.4, -0.2) is 41.2 Å². The highest BCUT2D eigenvalue weighted by molar-refractivity contribution is 6.08. The average molecular weight is 533 g/mol. The zero-order valence-corrected chi connectivity index (χ0v) is 22.8. The van der Waals surface area contributed by atoms with E-state index in [1.165, 1.54) is 17.3 Å². The summed E-state index contributed by atoms with van der Waals surface area (Å²) < 4.78 is 7.76. The number of ether oxygens (including phenoxy) is 1. The van der Waals surface area contributed by atoms with Crippen molar-refractivity contribution < 1.29 is 9.53 Å². The molecule has 7 rings (SSSR count). The molecule has 1 aromatic heterocycles. The average Bonchev–Trinajstić information content (AvgIpc) is 3.47. The molecule has 202 valence electrons. The summed E-state index contributed by atoms with van der Waals surface area (Å²) in [4.78, 5) is 31.9. The fourth-order valence-electron chi connectivity index (χ4n) is 6.72. The van der Waals surface area contributed by atoms with Crippen LogP contribution in [0.15, 0.2) is 78.0 Å². The third kappa shape index (κ3) is 3.95. The number of nitrogens with one attached hydrogen (secondary N) is 1. The quantitative estimate of drug-likeness (QED) is 0.410. The van der Waals surface area contributed by atoms with Crippen LogP contribution in [-0.2, 0) is 11.8 Å². The lowest BCUT2D eigenvalue weighted by atomic mass is 9.74. The number of rotatable bonds is 3. The van der Waals surface area contributed by atoms with E-state index >= 15 is 0 Å². The molecule has 7 nitrogen and oxygen atoms in total. The number of benzene rings is 3. The van der Waals surface area contributed by atoms with E-state index in [-0.39, 0.29) is 22.9 Å². The van der Waals surface area contributed by atoms with Crippen LogP contribution in [0.4, 0.5) is 5.69 Å². The maximum atomic E-state index is 13.9. The molecule has 3 aliphatic heterocycles. The van der Waals surface area contributed by atoms with Crippen LogP contribution >= 0.6 is 0 Å². The number of aromatic nitrogens is 2. The fraction of sp³-hybridized carbons (Fsp3) is 0.303. The number of anilines is 1. The Kier molecular flexibility index (Phi) is 5.86. The highest BCUT2D eigenvalue weighted by Crippen LogP contribution is 2.49. The summed E-state index contributed by atoms with van der Waals surface area (Å²) in [6.45, 7) is 6.88. The molecule has 0 unspecified atom stereocenters. The summed E-state index contributed by atoms with van der Waals surface area (Å²) >= 11 is 0. The maximum Gasteiger partial charge on any atom is 0.273 e. The van der Waals surface area contributed by atoms with E-state index < -0.39 is 0 Å². The van der Waals surface area contributed by atoms with Gasteiger partial charge in [0.15, 0.2) is 0 Å². The third-order valence-electron chi connectivity index (χ3n) is 8.91. The van der Waals surface area contributed by atoms with Crippen LogP contribution < -0.4 is 20.5 Å². The molecule has 7 heteroatoms. The monoisotopic (exact) mass is 532 g/mol. The number of amides is 1. The molecule has 1 spiro atoms. The van der Waals surface area contributed by atoms with E-state index in [1.807, 2.05) is 54.3 Å². The van der Waals surface area contributed by atoms with Gasteiger partial charge in [-0.3, -0.25) is 19.1 Å². The van der Waals surface area contributed by atoms with E-state index in [4.69, 9.17) is 4.74 Å². The highest BCUT2D eigenvalue weighted by Gasteiger charge is 2.44. The summed E-state index contributed by atoms with van der Waals surface area (Å²) in [5.74, 6) is 1.03. The van der Waals surface area contributed by atoms with Gasteiger partial charge in [-0.15, -0.1) is 0 Å². The summed E-state index contributed by atoms with van der Waals surface area (Å²) in [5.41, 5.74) is 7.98. The molecule has 1 N–H and O–H groups in total. The van der Waals surface area contributed by atoms with Gasteiger partial charge >= 0.3 is 0 Å². The fourth-order valence-corrected chi connectivity index (χ4v) is 6.72. The first-order chi connectivity index (χ1) is 19.4. The van der Waals surface area contributed by atoms with Gasteiger partial charge in [-0.05, 0) is 105 Å². The SMILES string of the molecule is Cc1cc(-n2ccncc2=O)ccc1-c1ccc(C(=O)N2c3cc4c(cc3C[C@H]2C)OCC42CCNCC2)cc1. The van der Waals surface area contributed by atoms with Crippen LogP contribution in [0.2, 0.25) is 0 Å². The minimum atomic E-state index is -0.168. The summed E-state index contributed by atoms with van der Waals surface area (Å²) in [6.07, 6.45) is 7.53. The molecule has 4 heterocycles. The first kappa shape index (κ1) is 24.8. The molecular formula is C33H32N4O3. The summed E-state index contributed by atoms with van der Waals surface area (Å²) in [6, 6.07) is 18.3. The van der Waals surface area contributed by atoms with Gasteiger partial charge < -0.3 is 15.0 Å². The van der Waals surface area contributed by atoms with Gasteiger partial charge in [0.1, 0.15) is 5.75 Å². The van der Waals surface area contributed by atoms with E-state index in [0.29, 0.717) is 5.56 Å². The molecular weight excluding hydrogens is 500 g/mol. The second kappa shape index (κ2) is 9.45.